The van der Waals surface area contributed by atoms with Crippen LogP contribution in [-0.2, 0) is 11.3 Å². The molecular weight excluding hydrogens is 466 g/mol. The second-order valence-corrected chi connectivity index (χ2v) is 9.11. The molecule has 2 aromatic carbocycles. The van der Waals surface area contributed by atoms with Gasteiger partial charge in [-0.25, -0.2) is 0 Å². The molecule has 1 heterocycles. The van der Waals surface area contributed by atoms with E-state index in [0.717, 1.165) is 10.6 Å². The van der Waals surface area contributed by atoms with Gasteiger partial charge in [0.2, 0.25) is 5.91 Å². The molecule has 0 saturated carbocycles. The van der Waals surface area contributed by atoms with E-state index in [1.54, 1.807) is 36.0 Å². The van der Waals surface area contributed by atoms with Crippen LogP contribution >= 0.6 is 35.1 Å². The van der Waals surface area contributed by atoms with Gasteiger partial charge in [-0.3, -0.25) is 9.59 Å². The van der Waals surface area contributed by atoms with Crippen molar-refractivity contribution in [3.8, 4) is 0 Å². The number of nitrogens with zero attached hydrogens (tertiary/aromatic N) is 3. The van der Waals surface area contributed by atoms with Gasteiger partial charge in [-0.15, -0.1) is 22.0 Å². The van der Waals surface area contributed by atoms with Gasteiger partial charge in [0.1, 0.15) is 0 Å². The molecule has 1 atom stereocenters. The average Bonchev–Trinajstić information content (AvgIpc) is 3.21. The number of carbonyl (C=O) groups excluding carboxylic acids is 2. The van der Waals surface area contributed by atoms with Gasteiger partial charge in [0.15, 0.2) is 11.0 Å². The van der Waals surface area contributed by atoms with Crippen LogP contribution in [0.25, 0.3) is 0 Å². The Bertz CT molecular complexity index is 1090. The quantitative estimate of drug-likeness (QED) is 0.416. The Labute approximate surface area is 200 Å². The summed E-state index contributed by atoms with van der Waals surface area (Å²) >= 11 is 8.81. The number of aromatic nitrogens is 3. The summed E-state index contributed by atoms with van der Waals surface area (Å²) in [5.41, 5.74) is 1.28. The van der Waals surface area contributed by atoms with Crippen LogP contribution in [0.5, 0.6) is 0 Å². The molecule has 0 fully saturated rings. The van der Waals surface area contributed by atoms with Crippen molar-refractivity contribution in [2.45, 2.75) is 36.5 Å². The summed E-state index contributed by atoms with van der Waals surface area (Å²) in [6.07, 6.45) is 1.99. The van der Waals surface area contributed by atoms with Crippen molar-refractivity contribution < 1.29 is 9.59 Å². The minimum Gasteiger partial charge on any atom is -0.342 e. The van der Waals surface area contributed by atoms with E-state index in [2.05, 4.69) is 20.8 Å². The summed E-state index contributed by atoms with van der Waals surface area (Å²) in [5.74, 6) is 0.489. The minimum atomic E-state index is -0.358. The van der Waals surface area contributed by atoms with Crippen LogP contribution in [0.4, 0.5) is 5.69 Å². The molecule has 0 saturated heterocycles. The maximum atomic E-state index is 12.5. The number of thioether (sulfide) groups is 2. The van der Waals surface area contributed by atoms with Crippen LogP contribution in [0.3, 0.4) is 0 Å². The van der Waals surface area contributed by atoms with Crippen LogP contribution in [0.1, 0.15) is 36.1 Å². The number of hydrogen-bond donors (Lipinski definition) is 2. The molecule has 0 bridgehead atoms. The summed E-state index contributed by atoms with van der Waals surface area (Å²) in [5, 5.41) is 15.5. The first-order chi connectivity index (χ1) is 15.4. The fraction of sp³-hybridized carbons (Fsp3) is 0.273. The van der Waals surface area contributed by atoms with E-state index >= 15 is 0 Å². The van der Waals surface area contributed by atoms with E-state index in [1.807, 2.05) is 48.9 Å². The molecule has 10 heteroatoms. The highest BCUT2D eigenvalue weighted by Gasteiger charge is 2.20. The van der Waals surface area contributed by atoms with Crippen molar-refractivity contribution in [2.24, 2.45) is 0 Å². The lowest BCUT2D eigenvalue weighted by Crippen LogP contribution is -2.28. The lowest BCUT2D eigenvalue weighted by molar-refractivity contribution is -0.113. The van der Waals surface area contributed by atoms with Crippen LogP contribution in [0, 0.1) is 0 Å². The van der Waals surface area contributed by atoms with Crippen molar-refractivity contribution in [3.05, 3.63) is 64.9 Å². The van der Waals surface area contributed by atoms with Crippen molar-refractivity contribution in [1.82, 2.24) is 20.1 Å². The predicted octanol–water partition coefficient (Wildman–Crippen LogP) is 4.90. The topological polar surface area (TPSA) is 88.9 Å². The number of carbonyl (C=O) groups is 2. The molecule has 168 valence electrons. The maximum Gasteiger partial charge on any atom is 0.251 e. The van der Waals surface area contributed by atoms with Crippen molar-refractivity contribution in [2.75, 3.05) is 17.3 Å². The van der Waals surface area contributed by atoms with E-state index in [-0.39, 0.29) is 23.6 Å². The molecule has 3 rings (SSSR count). The molecule has 2 amide bonds. The molecule has 2 N–H and O–H groups in total. The zero-order valence-corrected chi connectivity index (χ0v) is 20.4. The first-order valence-corrected chi connectivity index (χ1v) is 12.6. The zero-order chi connectivity index (χ0) is 23.1. The number of halogens is 1. The number of amides is 2. The third-order valence-electron chi connectivity index (χ3n) is 4.59. The molecular formula is C22H24ClN5O2S2. The first-order valence-electron chi connectivity index (χ1n) is 9.97. The largest absolute Gasteiger partial charge is 0.342 e. The molecule has 1 aromatic heterocycles. The summed E-state index contributed by atoms with van der Waals surface area (Å²) in [7, 11) is 0. The Morgan fingerprint density at radius 3 is 2.59 bits per heavy atom. The normalized spacial score (nSPS) is 11.8. The highest BCUT2D eigenvalue weighted by Crippen LogP contribution is 2.22. The van der Waals surface area contributed by atoms with Crippen LogP contribution in [-0.4, -0.2) is 38.6 Å². The Kier molecular flexibility index (Phi) is 8.60. The van der Waals surface area contributed by atoms with Crippen LogP contribution in [0.2, 0.25) is 5.02 Å². The molecule has 0 spiro atoms. The predicted molar refractivity (Wildman–Crippen MR) is 131 cm³/mol. The standard InChI is InChI=1S/C22H24ClN5O2S2/c1-4-28-20(14(2)24-21(30)15-8-10-16(23)11-9-15)26-27-22(28)32-13-19(29)25-17-6-5-7-18(12-17)31-3/h5-12,14H,4,13H2,1-3H3,(H,24,30)(H,25,29). The van der Waals surface area contributed by atoms with E-state index in [4.69, 9.17) is 11.6 Å². The van der Waals surface area contributed by atoms with Gasteiger partial charge in [0.25, 0.3) is 5.91 Å². The summed E-state index contributed by atoms with van der Waals surface area (Å²) in [4.78, 5) is 26.0. The Hall–Kier alpha value is -2.49. The summed E-state index contributed by atoms with van der Waals surface area (Å²) in [6, 6.07) is 14.0. The van der Waals surface area contributed by atoms with Gasteiger partial charge in [-0.1, -0.05) is 29.4 Å². The molecule has 7 nitrogen and oxygen atoms in total. The first kappa shape index (κ1) is 24.2. The number of anilines is 1. The molecule has 0 aliphatic rings. The van der Waals surface area contributed by atoms with Crippen molar-refractivity contribution >= 4 is 52.6 Å². The minimum absolute atomic E-state index is 0.121. The van der Waals surface area contributed by atoms with Gasteiger partial charge in [-0.2, -0.15) is 0 Å². The lowest BCUT2D eigenvalue weighted by Gasteiger charge is -2.15. The van der Waals surface area contributed by atoms with Crippen molar-refractivity contribution in [1.29, 1.82) is 0 Å². The van der Waals surface area contributed by atoms with Crippen LogP contribution in [0.15, 0.2) is 58.6 Å². The summed E-state index contributed by atoms with van der Waals surface area (Å²) in [6.45, 7) is 4.44. The molecule has 3 aromatic rings. The second kappa shape index (κ2) is 11.4. The van der Waals surface area contributed by atoms with Gasteiger partial charge in [-0.05, 0) is 62.6 Å². The second-order valence-electron chi connectivity index (χ2n) is 6.86. The highest BCUT2D eigenvalue weighted by molar-refractivity contribution is 7.99. The Morgan fingerprint density at radius 1 is 1.16 bits per heavy atom. The smallest absolute Gasteiger partial charge is 0.251 e. The lowest BCUT2D eigenvalue weighted by atomic mass is 10.2. The van der Waals surface area contributed by atoms with Gasteiger partial charge >= 0.3 is 0 Å². The van der Waals surface area contributed by atoms with Gasteiger partial charge in [0.05, 0.1) is 11.8 Å². The fourth-order valence-corrected chi connectivity index (χ4v) is 4.39. The highest BCUT2D eigenvalue weighted by atomic mass is 35.5. The van der Waals surface area contributed by atoms with Gasteiger partial charge in [0, 0.05) is 27.7 Å². The number of benzene rings is 2. The summed E-state index contributed by atoms with van der Waals surface area (Å²) < 4.78 is 1.90. The third kappa shape index (κ3) is 6.27. The average molecular weight is 490 g/mol. The van der Waals surface area contributed by atoms with E-state index in [0.29, 0.717) is 28.1 Å². The number of nitrogens with one attached hydrogen (secondary N) is 2. The Morgan fingerprint density at radius 2 is 1.91 bits per heavy atom. The molecule has 0 radical (unpaired) electrons. The monoisotopic (exact) mass is 489 g/mol. The van der Waals surface area contributed by atoms with Crippen LogP contribution < -0.4 is 10.6 Å². The number of rotatable bonds is 9. The fourth-order valence-electron chi connectivity index (χ4n) is 3.00. The number of hydrogen-bond acceptors (Lipinski definition) is 6. The SMILES string of the molecule is CCn1c(SCC(=O)Nc2cccc(SC)c2)nnc1C(C)NC(=O)c1ccc(Cl)cc1. The van der Waals surface area contributed by atoms with E-state index in [1.165, 1.54) is 11.8 Å². The Balaban J connectivity index is 1.61. The zero-order valence-electron chi connectivity index (χ0n) is 18.0. The van der Waals surface area contributed by atoms with Gasteiger partial charge < -0.3 is 15.2 Å². The van der Waals surface area contributed by atoms with E-state index < -0.39 is 0 Å². The van der Waals surface area contributed by atoms with E-state index in [9.17, 15) is 9.59 Å². The third-order valence-corrected chi connectivity index (χ3v) is 6.53. The van der Waals surface area contributed by atoms with Crippen molar-refractivity contribution in [3.63, 3.8) is 0 Å². The molecule has 1 unspecified atom stereocenters. The molecule has 0 aliphatic heterocycles. The molecule has 0 aliphatic carbocycles. The molecule has 32 heavy (non-hydrogen) atoms. The maximum absolute atomic E-state index is 12.5.